The van der Waals surface area contributed by atoms with Crippen LogP contribution in [0.15, 0.2) is 115 Å². The number of aliphatic hydroxyl groups is 1. The number of hydrogen-bond acceptors (Lipinski definition) is 5. The standard InChI is InChI=1S/C30H26N2O4/c1-3-4-6-11-25(31)20-12-16-23(17-13-20)32-27(21-9-7-5-8-10-21)26(29(34)30(32)35)28(33)22-14-18-24(36-2)19-15-22/h3-19,27,33H,1,31H2,2H3/b6-4-,25-11-,28-26?. The van der Waals surface area contributed by atoms with Gasteiger partial charge in [-0.15, -0.1) is 0 Å². The normalized spacial score (nSPS) is 17.5. The second-order valence-corrected chi connectivity index (χ2v) is 8.10. The van der Waals surface area contributed by atoms with E-state index in [0.29, 0.717) is 28.3 Å². The van der Waals surface area contributed by atoms with E-state index in [4.69, 9.17) is 10.5 Å². The minimum absolute atomic E-state index is 0.0226. The SMILES string of the molecule is C=C/C=C\C=C(/N)c1ccc(N2C(=O)C(=O)C(=C(O)c3ccc(OC)cc3)C2c2ccccc2)cc1. The summed E-state index contributed by atoms with van der Waals surface area (Å²) in [5.74, 6) is -1.11. The van der Waals surface area contributed by atoms with Gasteiger partial charge < -0.3 is 15.6 Å². The molecule has 1 fully saturated rings. The van der Waals surface area contributed by atoms with E-state index in [1.165, 1.54) is 4.90 Å². The fourth-order valence-electron chi connectivity index (χ4n) is 4.10. The Morgan fingerprint density at radius 3 is 2.19 bits per heavy atom. The van der Waals surface area contributed by atoms with Gasteiger partial charge in [-0.25, -0.2) is 0 Å². The van der Waals surface area contributed by atoms with Crippen LogP contribution in [0, 0.1) is 0 Å². The summed E-state index contributed by atoms with van der Waals surface area (Å²) in [6, 6.07) is 22.1. The van der Waals surface area contributed by atoms with Crippen LogP contribution < -0.4 is 15.4 Å². The van der Waals surface area contributed by atoms with Crippen molar-refractivity contribution >= 4 is 28.8 Å². The molecule has 180 valence electrons. The molecule has 0 aliphatic carbocycles. The van der Waals surface area contributed by atoms with Crippen molar-refractivity contribution in [1.29, 1.82) is 0 Å². The van der Waals surface area contributed by atoms with Gasteiger partial charge in [-0.1, -0.05) is 67.3 Å². The molecule has 1 aliphatic rings. The first-order valence-corrected chi connectivity index (χ1v) is 11.3. The van der Waals surface area contributed by atoms with Crippen LogP contribution >= 0.6 is 0 Å². The van der Waals surface area contributed by atoms with E-state index in [0.717, 1.165) is 5.56 Å². The van der Waals surface area contributed by atoms with Crippen LogP contribution in [0.1, 0.15) is 22.7 Å². The van der Waals surface area contributed by atoms with Gasteiger partial charge in [0.15, 0.2) is 0 Å². The van der Waals surface area contributed by atoms with E-state index >= 15 is 0 Å². The number of nitrogens with zero attached hydrogens (tertiary/aromatic N) is 1. The second kappa shape index (κ2) is 10.6. The molecule has 1 unspecified atom stereocenters. The number of nitrogens with two attached hydrogens (primary N) is 1. The lowest BCUT2D eigenvalue weighted by atomic mass is 9.95. The second-order valence-electron chi connectivity index (χ2n) is 8.10. The van der Waals surface area contributed by atoms with Crippen molar-refractivity contribution in [1.82, 2.24) is 0 Å². The van der Waals surface area contributed by atoms with Gasteiger partial charge in [0.1, 0.15) is 11.5 Å². The summed E-state index contributed by atoms with van der Waals surface area (Å²) in [6.45, 7) is 3.63. The Balaban J connectivity index is 1.80. The number of methoxy groups -OCH3 is 1. The quantitative estimate of drug-likeness (QED) is 0.206. The van der Waals surface area contributed by atoms with E-state index in [1.54, 1.807) is 79.9 Å². The number of amides is 1. The molecule has 1 saturated heterocycles. The van der Waals surface area contributed by atoms with Gasteiger partial charge in [0, 0.05) is 16.9 Å². The predicted octanol–water partition coefficient (Wildman–Crippen LogP) is 5.36. The average Bonchev–Trinajstić information content (AvgIpc) is 3.19. The molecule has 4 rings (SSSR count). The number of benzene rings is 3. The molecule has 0 saturated carbocycles. The van der Waals surface area contributed by atoms with Crippen molar-refractivity contribution < 1.29 is 19.4 Å². The maximum Gasteiger partial charge on any atom is 0.300 e. The Kier molecular flexibility index (Phi) is 7.16. The van der Waals surface area contributed by atoms with E-state index in [1.807, 2.05) is 30.3 Å². The summed E-state index contributed by atoms with van der Waals surface area (Å²) in [7, 11) is 1.54. The predicted molar refractivity (Wildman–Crippen MR) is 142 cm³/mol. The maximum atomic E-state index is 13.3. The van der Waals surface area contributed by atoms with Crippen LogP contribution in [0.3, 0.4) is 0 Å². The highest BCUT2D eigenvalue weighted by Crippen LogP contribution is 2.42. The minimum atomic E-state index is -0.803. The number of aliphatic hydroxyl groups excluding tert-OH is 1. The van der Waals surface area contributed by atoms with Crippen molar-refractivity contribution in [3.05, 3.63) is 132 Å². The molecule has 0 spiro atoms. The first kappa shape index (κ1) is 24.3. The van der Waals surface area contributed by atoms with E-state index in [-0.39, 0.29) is 11.3 Å². The summed E-state index contributed by atoms with van der Waals surface area (Å²) in [4.78, 5) is 28.0. The van der Waals surface area contributed by atoms with Crippen molar-refractivity contribution in [2.45, 2.75) is 6.04 Å². The lowest BCUT2D eigenvalue weighted by Crippen LogP contribution is -2.29. The zero-order chi connectivity index (χ0) is 25.7. The molecule has 0 bridgehead atoms. The van der Waals surface area contributed by atoms with Gasteiger partial charge >= 0.3 is 0 Å². The first-order valence-electron chi connectivity index (χ1n) is 11.3. The highest BCUT2D eigenvalue weighted by molar-refractivity contribution is 6.51. The highest BCUT2D eigenvalue weighted by Gasteiger charge is 2.46. The van der Waals surface area contributed by atoms with Crippen LogP contribution in [0.5, 0.6) is 5.75 Å². The smallest absolute Gasteiger partial charge is 0.300 e. The molecule has 1 atom stereocenters. The van der Waals surface area contributed by atoms with Gasteiger partial charge in [-0.05, 0) is 53.6 Å². The number of allylic oxidation sites excluding steroid dienone is 4. The van der Waals surface area contributed by atoms with Gasteiger partial charge in [0.05, 0.1) is 18.7 Å². The van der Waals surface area contributed by atoms with Gasteiger partial charge in [0.25, 0.3) is 11.7 Å². The Hall–Kier alpha value is -4.84. The van der Waals surface area contributed by atoms with Crippen molar-refractivity contribution in [2.24, 2.45) is 5.73 Å². The largest absolute Gasteiger partial charge is 0.507 e. The highest BCUT2D eigenvalue weighted by atomic mass is 16.5. The molecular weight excluding hydrogens is 452 g/mol. The lowest BCUT2D eigenvalue weighted by molar-refractivity contribution is -0.132. The van der Waals surface area contributed by atoms with Gasteiger partial charge in [-0.3, -0.25) is 14.5 Å². The Labute approximate surface area is 209 Å². The number of carbonyl (C=O) groups is 2. The van der Waals surface area contributed by atoms with Gasteiger partial charge in [0.2, 0.25) is 0 Å². The molecule has 3 aromatic rings. The number of Topliss-reactive ketones (excluding diaryl/α,β-unsaturated/α-hetero) is 1. The molecule has 3 aromatic carbocycles. The molecular formula is C30H26N2O4. The molecule has 0 aromatic heterocycles. The number of anilines is 1. The first-order chi connectivity index (χ1) is 17.5. The fraction of sp³-hybridized carbons (Fsp3) is 0.0667. The monoisotopic (exact) mass is 478 g/mol. The number of rotatable bonds is 7. The summed E-state index contributed by atoms with van der Waals surface area (Å²) in [6.07, 6.45) is 6.95. The lowest BCUT2D eigenvalue weighted by Gasteiger charge is -2.25. The Morgan fingerprint density at radius 2 is 1.58 bits per heavy atom. The molecule has 6 heteroatoms. The van der Waals surface area contributed by atoms with Crippen molar-refractivity contribution in [3.8, 4) is 5.75 Å². The van der Waals surface area contributed by atoms with Gasteiger partial charge in [-0.2, -0.15) is 0 Å². The third kappa shape index (κ3) is 4.70. The Bertz CT molecular complexity index is 1370. The third-order valence-corrected chi connectivity index (χ3v) is 5.92. The summed E-state index contributed by atoms with van der Waals surface area (Å²) >= 11 is 0. The van der Waals surface area contributed by atoms with Crippen LogP contribution in [0.25, 0.3) is 11.5 Å². The number of hydrogen-bond donors (Lipinski definition) is 2. The molecule has 6 nitrogen and oxygen atoms in total. The average molecular weight is 479 g/mol. The molecule has 3 N–H and O–H groups in total. The summed E-state index contributed by atoms with van der Waals surface area (Å²) in [5.41, 5.74) is 9.10. The summed E-state index contributed by atoms with van der Waals surface area (Å²) < 4.78 is 5.18. The third-order valence-electron chi connectivity index (χ3n) is 5.92. The van der Waals surface area contributed by atoms with E-state index in [9.17, 15) is 14.7 Å². The zero-order valence-electron chi connectivity index (χ0n) is 19.8. The topological polar surface area (TPSA) is 92.9 Å². The Morgan fingerprint density at radius 1 is 0.944 bits per heavy atom. The zero-order valence-corrected chi connectivity index (χ0v) is 19.8. The minimum Gasteiger partial charge on any atom is -0.507 e. The molecule has 1 amide bonds. The fourth-order valence-corrected chi connectivity index (χ4v) is 4.10. The molecule has 1 heterocycles. The van der Waals surface area contributed by atoms with Crippen LogP contribution in [-0.2, 0) is 9.59 Å². The maximum absolute atomic E-state index is 13.3. The number of ether oxygens (including phenoxy) is 1. The number of ketones is 1. The molecule has 1 aliphatic heterocycles. The van der Waals surface area contributed by atoms with Crippen molar-refractivity contribution in [3.63, 3.8) is 0 Å². The van der Waals surface area contributed by atoms with Crippen LogP contribution in [0.4, 0.5) is 5.69 Å². The van der Waals surface area contributed by atoms with E-state index < -0.39 is 17.7 Å². The van der Waals surface area contributed by atoms with Crippen molar-refractivity contribution in [2.75, 3.05) is 12.0 Å². The van der Waals surface area contributed by atoms with E-state index in [2.05, 4.69) is 6.58 Å². The summed E-state index contributed by atoms with van der Waals surface area (Å²) in [5, 5.41) is 11.2. The van der Waals surface area contributed by atoms with Crippen LogP contribution in [-0.4, -0.2) is 23.9 Å². The molecule has 0 radical (unpaired) electrons. The molecule has 36 heavy (non-hydrogen) atoms. The van der Waals surface area contributed by atoms with Crippen LogP contribution in [0.2, 0.25) is 0 Å². The number of carbonyl (C=O) groups excluding carboxylic acids is 2.